The van der Waals surface area contributed by atoms with Crippen LogP contribution in [-0.4, -0.2) is 43.0 Å². The molecule has 0 spiro atoms. The van der Waals surface area contributed by atoms with Crippen LogP contribution < -0.4 is 10.6 Å². The zero-order valence-electron chi connectivity index (χ0n) is 19.6. The molecule has 0 saturated heterocycles. The number of hydrogen-bond acceptors (Lipinski definition) is 7. The van der Waals surface area contributed by atoms with Crippen LogP contribution in [-0.2, 0) is 30.3 Å². The minimum Gasteiger partial charge on any atom is -0.462 e. The van der Waals surface area contributed by atoms with Crippen LogP contribution >= 0.6 is 11.3 Å². The molecule has 1 atom stereocenters. The molecule has 8 nitrogen and oxygen atoms in total. The number of carbonyl (C=O) groups is 4. The number of esters is 2. The number of hydrogen-bond donors (Lipinski definition) is 2. The molecular formula is C25H30N2O6S. The second kappa shape index (κ2) is 11.8. The Morgan fingerprint density at radius 1 is 1.06 bits per heavy atom. The van der Waals surface area contributed by atoms with Crippen molar-refractivity contribution < 1.29 is 28.7 Å². The normalized spacial score (nSPS) is 13.8. The van der Waals surface area contributed by atoms with Gasteiger partial charge in [0.2, 0.25) is 5.91 Å². The second-order valence-electron chi connectivity index (χ2n) is 8.50. The molecule has 1 aliphatic rings. The topological polar surface area (TPSA) is 111 Å². The van der Waals surface area contributed by atoms with Crippen LogP contribution in [0.4, 0.5) is 5.00 Å². The summed E-state index contributed by atoms with van der Waals surface area (Å²) in [5.41, 5.74) is 2.09. The third-order valence-electron chi connectivity index (χ3n) is 5.36. The fourth-order valence-electron chi connectivity index (χ4n) is 3.46. The largest absolute Gasteiger partial charge is 0.462 e. The van der Waals surface area contributed by atoms with E-state index in [1.165, 1.54) is 11.3 Å². The van der Waals surface area contributed by atoms with E-state index < -0.39 is 30.5 Å². The number of ether oxygens (including phenoxy) is 2. The molecule has 0 bridgehead atoms. The van der Waals surface area contributed by atoms with Gasteiger partial charge in [0.1, 0.15) is 11.0 Å². The van der Waals surface area contributed by atoms with E-state index in [0.29, 0.717) is 16.5 Å². The molecule has 1 aliphatic carbocycles. The van der Waals surface area contributed by atoms with Gasteiger partial charge in [-0.25, -0.2) is 9.59 Å². The maximum atomic E-state index is 12.6. The molecule has 2 N–H and O–H groups in total. The quantitative estimate of drug-likeness (QED) is 0.469. The molecule has 1 heterocycles. The van der Waals surface area contributed by atoms with Gasteiger partial charge in [0.15, 0.2) is 6.61 Å². The van der Waals surface area contributed by atoms with E-state index in [1.807, 2.05) is 35.7 Å². The average molecular weight is 487 g/mol. The maximum Gasteiger partial charge on any atom is 0.341 e. The number of benzene rings is 1. The van der Waals surface area contributed by atoms with Crippen molar-refractivity contribution in [3.63, 3.8) is 0 Å². The van der Waals surface area contributed by atoms with Crippen LogP contribution in [0.15, 0.2) is 35.7 Å². The fraction of sp³-hybridized carbons (Fsp3) is 0.440. The van der Waals surface area contributed by atoms with Gasteiger partial charge in [-0.15, -0.1) is 11.3 Å². The van der Waals surface area contributed by atoms with E-state index in [0.717, 1.165) is 24.0 Å². The van der Waals surface area contributed by atoms with E-state index >= 15 is 0 Å². The minimum absolute atomic E-state index is 0.135. The van der Waals surface area contributed by atoms with Crippen molar-refractivity contribution in [3.8, 4) is 0 Å². The summed E-state index contributed by atoms with van der Waals surface area (Å²) >= 11 is 1.25. The van der Waals surface area contributed by atoms with Gasteiger partial charge in [0.25, 0.3) is 5.91 Å². The highest BCUT2D eigenvalue weighted by atomic mass is 32.1. The molecule has 2 amide bonds. The summed E-state index contributed by atoms with van der Waals surface area (Å²) in [6.45, 7) is 4.99. The van der Waals surface area contributed by atoms with Crippen LogP contribution in [0.5, 0.6) is 0 Å². The van der Waals surface area contributed by atoms with Crippen LogP contribution in [0.3, 0.4) is 0 Å². The highest BCUT2D eigenvalue weighted by Gasteiger charge is 2.32. The first-order chi connectivity index (χ1) is 16.3. The molecule has 1 aromatic heterocycles. The van der Waals surface area contributed by atoms with Gasteiger partial charge in [0.05, 0.1) is 18.6 Å². The molecule has 2 aromatic rings. The van der Waals surface area contributed by atoms with Crippen molar-refractivity contribution in [1.82, 2.24) is 5.32 Å². The summed E-state index contributed by atoms with van der Waals surface area (Å²) in [5, 5.41) is 7.61. The van der Waals surface area contributed by atoms with Crippen molar-refractivity contribution in [1.29, 1.82) is 0 Å². The van der Waals surface area contributed by atoms with Crippen LogP contribution in [0.2, 0.25) is 0 Å². The van der Waals surface area contributed by atoms with E-state index in [-0.39, 0.29) is 24.9 Å². The maximum absolute atomic E-state index is 12.6. The van der Waals surface area contributed by atoms with E-state index in [1.54, 1.807) is 20.8 Å². The number of nitrogens with one attached hydrogen (secondary N) is 2. The predicted molar refractivity (Wildman–Crippen MR) is 129 cm³/mol. The van der Waals surface area contributed by atoms with Crippen molar-refractivity contribution in [3.05, 3.63) is 52.4 Å². The van der Waals surface area contributed by atoms with E-state index in [9.17, 15) is 19.2 Å². The zero-order chi connectivity index (χ0) is 24.7. The lowest BCUT2D eigenvalue weighted by molar-refractivity contribution is -0.151. The molecule has 0 radical (unpaired) electrons. The number of anilines is 1. The SMILES string of the molecule is CCOC(=O)c1c(C2CC2)csc1NC(=O)COC(=O)[C@@H](NC(=O)Cc1ccccc1)C(C)C. The van der Waals surface area contributed by atoms with Gasteiger partial charge in [-0.05, 0) is 48.1 Å². The lowest BCUT2D eigenvalue weighted by Gasteiger charge is -2.20. The van der Waals surface area contributed by atoms with Crippen LogP contribution in [0.25, 0.3) is 0 Å². The monoisotopic (exact) mass is 486 g/mol. The summed E-state index contributed by atoms with van der Waals surface area (Å²) in [6.07, 6.45) is 2.14. The average Bonchev–Trinajstić information content (AvgIpc) is 3.56. The minimum atomic E-state index is -0.887. The Labute approximate surface area is 203 Å². The Morgan fingerprint density at radius 3 is 2.38 bits per heavy atom. The standard InChI is InChI=1S/C25H30N2O6S/c1-4-32-24(30)21-18(17-10-11-17)14-34-23(21)27-20(29)13-33-25(31)22(15(2)3)26-19(28)12-16-8-6-5-7-9-16/h5-9,14-15,17,22H,4,10-13H2,1-3H3,(H,26,28)(H,27,29)/t22-/m0/s1. The molecule has 9 heteroatoms. The second-order valence-corrected chi connectivity index (χ2v) is 9.38. The highest BCUT2D eigenvalue weighted by Crippen LogP contribution is 2.46. The number of thiophene rings is 1. The fourth-order valence-corrected chi connectivity index (χ4v) is 4.51. The van der Waals surface area contributed by atoms with Gasteiger partial charge >= 0.3 is 11.9 Å². The molecule has 0 unspecified atom stereocenters. The first-order valence-electron chi connectivity index (χ1n) is 11.4. The molecule has 34 heavy (non-hydrogen) atoms. The zero-order valence-corrected chi connectivity index (χ0v) is 20.4. The first-order valence-corrected chi connectivity index (χ1v) is 12.3. The number of amides is 2. The molecule has 182 valence electrons. The highest BCUT2D eigenvalue weighted by molar-refractivity contribution is 7.15. The molecule has 1 saturated carbocycles. The van der Waals surface area contributed by atoms with Crippen LogP contribution in [0.1, 0.15) is 61.0 Å². The van der Waals surface area contributed by atoms with Crippen molar-refractivity contribution in [2.45, 2.75) is 52.0 Å². The van der Waals surface area contributed by atoms with E-state index in [4.69, 9.17) is 9.47 Å². The van der Waals surface area contributed by atoms with E-state index in [2.05, 4.69) is 10.6 Å². The molecular weight excluding hydrogens is 456 g/mol. The van der Waals surface area contributed by atoms with Gasteiger partial charge < -0.3 is 20.1 Å². The summed E-state index contributed by atoms with van der Waals surface area (Å²) in [7, 11) is 0. The summed E-state index contributed by atoms with van der Waals surface area (Å²) < 4.78 is 10.3. The van der Waals surface area contributed by atoms with Gasteiger partial charge in [-0.1, -0.05) is 44.2 Å². The van der Waals surface area contributed by atoms with Gasteiger partial charge in [0, 0.05) is 0 Å². The first kappa shape index (κ1) is 25.4. The Hall–Kier alpha value is -3.20. The Bertz CT molecular complexity index is 1030. The molecule has 3 rings (SSSR count). The Morgan fingerprint density at radius 2 is 1.76 bits per heavy atom. The molecule has 1 fully saturated rings. The molecule has 0 aliphatic heterocycles. The summed E-state index contributed by atoms with van der Waals surface area (Å²) in [5.74, 6) is -1.96. The Balaban J connectivity index is 1.56. The molecule has 1 aromatic carbocycles. The summed E-state index contributed by atoms with van der Waals surface area (Å²) in [4.78, 5) is 49.9. The third-order valence-corrected chi connectivity index (χ3v) is 6.27. The lowest BCUT2D eigenvalue weighted by Crippen LogP contribution is -2.46. The van der Waals surface area contributed by atoms with Crippen LogP contribution in [0, 0.1) is 5.92 Å². The summed E-state index contributed by atoms with van der Waals surface area (Å²) in [6, 6.07) is 8.31. The van der Waals surface area contributed by atoms with Crippen molar-refractivity contribution >= 4 is 40.1 Å². The number of rotatable bonds is 11. The van der Waals surface area contributed by atoms with Crippen molar-refractivity contribution in [2.24, 2.45) is 5.92 Å². The smallest absolute Gasteiger partial charge is 0.341 e. The van der Waals surface area contributed by atoms with Gasteiger partial charge in [-0.2, -0.15) is 0 Å². The van der Waals surface area contributed by atoms with Crippen molar-refractivity contribution in [2.75, 3.05) is 18.5 Å². The predicted octanol–water partition coefficient (Wildman–Crippen LogP) is 3.67. The lowest BCUT2D eigenvalue weighted by atomic mass is 10.0. The van der Waals surface area contributed by atoms with Gasteiger partial charge in [-0.3, -0.25) is 9.59 Å². The third kappa shape index (κ3) is 6.90. The number of carbonyl (C=O) groups excluding carboxylic acids is 4. The Kier molecular flexibility index (Phi) is 8.81.